The summed E-state index contributed by atoms with van der Waals surface area (Å²) in [5.41, 5.74) is -0.424. The number of alkyl halides is 2. The number of anilines is 1. The van der Waals surface area contributed by atoms with E-state index in [1.54, 1.807) is 12.3 Å². The second kappa shape index (κ2) is 6.87. The van der Waals surface area contributed by atoms with Gasteiger partial charge in [0, 0.05) is 24.0 Å². The smallest absolute Gasteiger partial charge is 0.226 e. The van der Waals surface area contributed by atoms with Crippen molar-refractivity contribution in [2.75, 3.05) is 23.7 Å². The van der Waals surface area contributed by atoms with Gasteiger partial charge in [-0.2, -0.15) is 4.98 Å². The van der Waals surface area contributed by atoms with Gasteiger partial charge in [0.1, 0.15) is 0 Å². The summed E-state index contributed by atoms with van der Waals surface area (Å²) in [6.07, 6.45) is 2.58. The second-order valence-electron chi connectivity index (χ2n) is 4.02. The van der Waals surface area contributed by atoms with E-state index in [0.29, 0.717) is 30.2 Å². The van der Waals surface area contributed by atoms with E-state index < -0.39 is 5.54 Å². The van der Waals surface area contributed by atoms with Gasteiger partial charge in [-0.05, 0) is 13.3 Å². The number of hydrogen-bond donors (Lipinski definition) is 1. The Hall–Kier alpha value is -0.740. The quantitative estimate of drug-likeness (QED) is 0.779. The molecule has 1 aromatic rings. The monoisotopic (exact) mass is 277 g/mol. The zero-order valence-corrected chi connectivity index (χ0v) is 11.6. The first-order chi connectivity index (χ1) is 8.13. The Morgan fingerprint density at radius 3 is 2.71 bits per heavy atom. The molecule has 1 aromatic heterocycles. The van der Waals surface area contributed by atoms with Crippen molar-refractivity contribution in [1.29, 1.82) is 0 Å². The Morgan fingerprint density at radius 1 is 1.41 bits per heavy atom. The highest BCUT2D eigenvalue weighted by Gasteiger charge is 2.22. The van der Waals surface area contributed by atoms with E-state index in [9.17, 15) is 0 Å². The van der Waals surface area contributed by atoms with Gasteiger partial charge in [0.15, 0.2) is 0 Å². The van der Waals surface area contributed by atoms with Gasteiger partial charge >= 0.3 is 0 Å². The average Bonchev–Trinajstić information content (AvgIpc) is 2.36. The van der Waals surface area contributed by atoms with Gasteiger partial charge in [0.25, 0.3) is 0 Å². The number of ether oxygens (including phenoxy) is 1. The van der Waals surface area contributed by atoms with Crippen molar-refractivity contribution in [3.05, 3.63) is 12.3 Å². The summed E-state index contributed by atoms with van der Waals surface area (Å²) in [7, 11) is 0. The molecule has 1 heterocycles. The van der Waals surface area contributed by atoms with E-state index in [0.717, 1.165) is 6.42 Å². The van der Waals surface area contributed by atoms with Crippen LogP contribution < -0.4 is 10.1 Å². The predicted octanol–water partition coefficient (Wildman–Crippen LogP) is 2.91. The lowest BCUT2D eigenvalue weighted by Gasteiger charge is -2.25. The highest BCUT2D eigenvalue weighted by molar-refractivity contribution is 6.22. The molecule has 0 aliphatic carbocycles. The van der Waals surface area contributed by atoms with Gasteiger partial charge in [0.2, 0.25) is 11.8 Å². The van der Waals surface area contributed by atoms with Crippen molar-refractivity contribution < 1.29 is 4.74 Å². The van der Waals surface area contributed by atoms with Gasteiger partial charge in [-0.15, -0.1) is 23.2 Å². The minimum atomic E-state index is -0.424. The van der Waals surface area contributed by atoms with Gasteiger partial charge in [-0.3, -0.25) is 0 Å². The Balaban J connectivity index is 2.71. The molecule has 1 N–H and O–H groups in total. The van der Waals surface area contributed by atoms with Gasteiger partial charge in [-0.1, -0.05) is 6.92 Å². The zero-order chi connectivity index (χ0) is 12.7. The Kier molecular flexibility index (Phi) is 5.78. The van der Waals surface area contributed by atoms with Crippen LogP contribution in [-0.4, -0.2) is 33.9 Å². The third-order valence-electron chi connectivity index (χ3n) is 2.09. The summed E-state index contributed by atoms with van der Waals surface area (Å²) >= 11 is 11.7. The molecule has 96 valence electrons. The maximum absolute atomic E-state index is 5.85. The molecule has 0 aliphatic rings. The molecule has 0 aliphatic heterocycles. The molecule has 0 aromatic carbocycles. The molecule has 0 saturated carbocycles. The summed E-state index contributed by atoms with van der Waals surface area (Å²) in [5, 5.41) is 3.11. The van der Waals surface area contributed by atoms with Gasteiger partial charge < -0.3 is 10.1 Å². The van der Waals surface area contributed by atoms with Crippen LogP contribution in [0.3, 0.4) is 0 Å². The molecular formula is C11H17Cl2N3O. The molecule has 0 atom stereocenters. The zero-order valence-electron chi connectivity index (χ0n) is 10.0. The molecule has 0 saturated heterocycles. The molecule has 0 radical (unpaired) electrons. The lowest BCUT2D eigenvalue weighted by Crippen LogP contribution is -2.39. The third-order valence-corrected chi connectivity index (χ3v) is 3.27. The first-order valence-electron chi connectivity index (χ1n) is 5.49. The lowest BCUT2D eigenvalue weighted by atomic mass is 10.1. The Morgan fingerprint density at radius 2 is 2.12 bits per heavy atom. The Bertz CT molecular complexity index is 345. The van der Waals surface area contributed by atoms with Crippen molar-refractivity contribution in [1.82, 2.24) is 9.97 Å². The van der Waals surface area contributed by atoms with E-state index in [-0.39, 0.29) is 0 Å². The van der Waals surface area contributed by atoms with Crippen molar-refractivity contribution in [2.24, 2.45) is 0 Å². The fraction of sp³-hybridized carbons (Fsp3) is 0.636. The van der Waals surface area contributed by atoms with Gasteiger partial charge in [0.05, 0.1) is 12.1 Å². The van der Waals surface area contributed by atoms with E-state index in [2.05, 4.69) is 15.3 Å². The fourth-order valence-electron chi connectivity index (χ4n) is 1.06. The van der Waals surface area contributed by atoms with E-state index in [1.807, 2.05) is 13.8 Å². The van der Waals surface area contributed by atoms with Crippen LogP contribution in [0.15, 0.2) is 12.3 Å². The minimum Gasteiger partial charge on any atom is -0.478 e. The number of halogens is 2. The lowest BCUT2D eigenvalue weighted by molar-refractivity contribution is 0.305. The summed E-state index contributed by atoms with van der Waals surface area (Å²) in [4.78, 5) is 8.34. The first-order valence-corrected chi connectivity index (χ1v) is 6.56. The molecule has 0 unspecified atom stereocenters. The van der Waals surface area contributed by atoms with Crippen molar-refractivity contribution in [3.63, 3.8) is 0 Å². The summed E-state index contributed by atoms with van der Waals surface area (Å²) in [5.74, 6) is 1.78. The third kappa shape index (κ3) is 4.56. The second-order valence-corrected chi connectivity index (χ2v) is 4.55. The molecule has 0 spiro atoms. The molecule has 1 rings (SSSR count). The molecule has 0 bridgehead atoms. The van der Waals surface area contributed by atoms with Crippen LogP contribution in [-0.2, 0) is 0 Å². The highest BCUT2D eigenvalue weighted by Crippen LogP contribution is 2.17. The largest absolute Gasteiger partial charge is 0.478 e. The minimum absolute atomic E-state index is 0.375. The van der Waals surface area contributed by atoms with E-state index in [1.165, 1.54) is 0 Å². The van der Waals surface area contributed by atoms with Crippen molar-refractivity contribution in [3.8, 4) is 5.88 Å². The van der Waals surface area contributed by atoms with Crippen LogP contribution in [0.25, 0.3) is 0 Å². The van der Waals surface area contributed by atoms with E-state index in [4.69, 9.17) is 27.9 Å². The van der Waals surface area contributed by atoms with Crippen LogP contribution in [0.2, 0.25) is 0 Å². The molecule has 4 nitrogen and oxygen atoms in total. The summed E-state index contributed by atoms with van der Waals surface area (Å²) in [6.45, 7) is 4.59. The van der Waals surface area contributed by atoms with Crippen molar-refractivity contribution in [2.45, 2.75) is 25.8 Å². The number of nitrogens with one attached hydrogen (secondary N) is 1. The van der Waals surface area contributed by atoms with Crippen LogP contribution in [0.1, 0.15) is 20.3 Å². The molecule has 0 fully saturated rings. The molecule has 17 heavy (non-hydrogen) atoms. The van der Waals surface area contributed by atoms with Crippen LogP contribution in [0.5, 0.6) is 5.88 Å². The molecular weight excluding hydrogens is 261 g/mol. The number of aromatic nitrogens is 2. The van der Waals surface area contributed by atoms with Crippen LogP contribution in [0.4, 0.5) is 5.95 Å². The van der Waals surface area contributed by atoms with E-state index >= 15 is 0 Å². The van der Waals surface area contributed by atoms with Crippen LogP contribution >= 0.6 is 23.2 Å². The molecule has 6 heteroatoms. The standard InChI is InChI=1S/C11H17Cl2N3O/c1-3-6-17-9-4-5-14-10(15-9)16-11(2,7-12)8-13/h4-5H,3,6-8H2,1-2H3,(H,14,15,16). The number of hydrogen-bond acceptors (Lipinski definition) is 4. The van der Waals surface area contributed by atoms with Crippen molar-refractivity contribution >= 4 is 29.2 Å². The average molecular weight is 278 g/mol. The Labute approximate surface area is 112 Å². The maximum Gasteiger partial charge on any atom is 0.226 e. The summed E-state index contributed by atoms with van der Waals surface area (Å²) in [6, 6.07) is 1.72. The fourth-order valence-corrected chi connectivity index (χ4v) is 1.48. The predicted molar refractivity (Wildman–Crippen MR) is 71.3 cm³/mol. The molecule has 0 amide bonds. The normalized spacial score (nSPS) is 11.3. The number of nitrogens with zero attached hydrogens (tertiary/aromatic N) is 2. The van der Waals surface area contributed by atoms with Crippen LogP contribution in [0, 0.1) is 0 Å². The SMILES string of the molecule is CCCOc1ccnc(NC(C)(CCl)CCl)n1. The summed E-state index contributed by atoms with van der Waals surface area (Å²) < 4.78 is 5.42. The van der Waals surface area contributed by atoms with Gasteiger partial charge in [-0.25, -0.2) is 4.98 Å². The topological polar surface area (TPSA) is 47.0 Å². The number of rotatable bonds is 7. The first kappa shape index (κ1) is 14.3. The highest BCUT2D eigenvalue weighted by atomic mass is 35.5. The maximum atomic E-state index is 5.85.